The Balaban J connectivity index is 2.44. The van der Waals surface area contributed by atoms with E-state index in [-0.39, 0.29) is 24.0 Å². The number of rotatable bonds is 4. The number of nitrogens with zero attached hydrogens (tertiary/aromatic N) is 1. The van der Waals surface area contributed by atoms with Crippen LogP contribution in [0.5, 0.6) is 0 Å². The Labute approximate surface area is 89.3 Å². The molecule has 1 N–H and O–H groups in total. The second-order valence-corrected chi connectivity index (χ2v) is 7.57. The molecule has 0 aromatic rings. The minimum Gasteiger partial charge on any atom is -0.229 e. The molecule has 1 saturated heterocycles. The fourth-order valence-corrected chi connectivity index (χ4v) is 4.04. The van der Waals surface area contributed by atoms with Crippen LogP contribution in [0.2, 0.25) is 0 Å². The summed E-state index contributed by atoms with van der Waals surface area (Å²) in [5.41, 5.74) is 0. The highest BCUT2D eigenvalue weighted by Crippen LogP contribution is 2.17. The second-order valence-electron chi connectivity index (χ2n) is 3.53. The van der Waals surface area contributed by atoms with Crippen molar-refractivity contribution in [2.45, 2.75) is 6.42 Å². The van der Waals surface area contributed by atoms with Crippen LogP contribution in [0.25, 0.3) is 0 Å². The van der Waals surface area contributed by atoms with E-state index in [0.717, 1.165) is 0 Å². The number of nitriles is 1. The third-order valence-electron chi connectivity index (χ3n) is 2.17. The van der Waals surface area contributed by atoms with Crippen LogP contribution in [-0.2, 0) is 19.9 Å². The average Bonchev–Trinajstić information content (AvgIpc) is 2.42. The van der Waals surface area contributed by atoms with Crippen molar-refractivity contribution in [3.8, 4) is 6.07 Å². The molecule has 1 unspecified atom stereocenters. The molecule has 0 aromatic carbocycles. The van der Waals surface area contributed by atoms with Crippen LogP contribution >= 0.6 is 0 Å². The fourth-order valence-electron chi connectivity index (χ4n) is 1.41. The zero-order valence-corrected chi connectivity index (χ0v) is 9.64. The van der Waals surface area contributed by atoms with Crippen molar-refractivity contribution in [2.24, 2.45) is 5.92 Å². The lowest BCUT2D eigenvalue weighted by Crippen LogP contribution is -2.31. The maximum Gasteiger partial charge on any atom is 0.225 e. The van der Waals surface area contributed by atoms with E-state index in [1.165, 1.54) is 6.07 Å². The van der Waals surface area contributed by atoms with Gasteiger partial charge in [-0.05, 0) is 12.3 Å². The van der Waals surface area contributed by atoms with Gasteiger partial charge in [-0.2, -0.15) is 5.26 Å². The number of nitrogens with one attached hydrogen (secondary N) is 1. The van der Waals surface area contributed by atoms with Gasteiger partial charge in [0.2, 0.25) is 10.0 Å². The molecular weight excluding hydrogens is 240 g/mol. The lowest BCUT2D eigenvalue weighted by molar-refractivity contribution is 0.545. The lowest BCUT2D eigenvalue weighted by atomic mass is 10.1. The summed E-state index contributed by atoms with van der Waals surface area (Å²) in [6.45, 7) is 0.100. The van der Waals surface area contributed by atoms with Gasteiger partial charge in [-0.15, -0.1) is 0 Å². The molecule has 8 heteroatoms. The van der Waals surface area contributed by atoms with Crippen LogP contribution in [0.4, 0.5) is 0 Å². The first-order valence-corrected chi connectivity index (χ1v) is 7.87. The van der Waals surface area contributed by atoms with E-state index in [0.29, 0.717) is 6.42 Å². The van der Waals surface area contributed by atoms with E-state index in [2.05, 4.69) is 4.72 Å². The smallest absolute Gasteiger partial charge is 0.225 e. The zero-order chi connectivity index (χ0) is 11.5. The molecular formula is C7H12N2O4S2. The summed E-state index contributed by atoms with van der Waals surface area (Å²) in [5, 5.41) is 8.21. The molecule has 1 aliphatic heterocycles. The predicted molar refractivity (Wildman–Crippen MR) is 54.2 cm³/mol. The molecule has 1 heterocycles. The Bertz CT molecular complexity index is 460. The van der Waals surface area contributed by atoms with Crippen LogP contribution in [0.15, 0.2) is 0 Å². The number of sulfone groups is 1. The molecule has 0 amide bonds. The Hall–Kier alpha value is -0.650. The lowest BCUT2D eigenvalue weighted by Gasteiger charge is -2.07. The van der Waals surface area contributed by atoms with E-state index in [4.69, 9.17) is 5.26 Å². The number of sulfonamides is 1. The summed E-state index contributed by atoms with van der Waals surface area (Å²) in [4.78, 5) is 0. The molecule has 6 nitrogen and oxygen atoms in total. The SMILES string of the molecule is N#CCS(=O)(=O)NCC1CCS(=O)(=O)C1. The van der Waals surface area contributed by atoms with Crippen molar-refractivity contribution in [1.82, 2.24) is 4.72 Å². The van der Waals surface area contributed by atoms with E-state index < -0.39 is 25.6 Å². The highest BCUT2D eigenvalue weighted by Gasteiger charge is 2.28. The van der Waals surface area contributed by atoms with Crippen molar-refractivity contribution in [3.63, 3.8) is 0 Å². The largest absolute Gasteiger partial charge is 0.229 e. The topological polar surface area (TPSA) is 104 Å². The quantitative estimate of drug-likeness (QED) is 0.681. The van der Waals surface area contributed by atoms with Crippen LogP contribution < -0.4 is 4.72 Å². The number of hydrogen-bond donors (Lipinski definition) is 1. The van der Waals surface area contributed by atoms with Gasteiger partial charge in [0.05, 0.1) is 17.6 Å². The summed E-state index contributed by atoms with van der Waals surface area (Å²) in [7, 11) is -6.54. The van der Waals surface area contributed by atoms with Gasteiger partial charge in [0.1, 0.15) is 0 Å². The molecule has 1 rings (SSSR count). The first-order valence-electron chi connectivity index (χ1n) is 4.39. The first-order chi connectivity index (χ1) is 6.85. The van der Waals surface area contributed by atoms with E-state index in [1.807, 2.05) is 0 Å². The van der Waals surface area contributed by atoms with Crippen LogP contribution in [0, 0.1) is 17.2 Å². The molecule has 0 saturated carbocycles. The van der Waals surface area contributed by atoms with Crippen molar-refractivity contribution in [3.05, 3.63) is 0 Å². The monoisotopic (exact) mass is 252 g/mol. The third-order valence-corrected chi connectivity index (χ3v) is 5.13. The van der Waals surface area contributed by atoms with E-state index in [1.54, 1.807) is 0 Å². The highest BCUT2D eigenvalue weighted by molar-refractivity contribution is 7.91. The van der Waals surface area contributed by atoms with Crippen LogP contribution in [0.1, 0.15) is 6.42 Å². The Morgan fingerprint density at radius 2 is 2.13 bits per heavy atom. The standard InChI is InChI=1S/C7H12N2O4S2/c8-2-4-15(12,13)9-5-7-1-3-14(10,11)6-7/h7,9H,1,3-6H2. The van der Waals surface area contributed by atoms with Gasteiger partial charge >= 0.3 is 0 Å². The van der Waals surface area contributed by atoms with Gasteiger partial charge in [0, 0.05) is 6.54 Å². The fraction of sp³-hybridized carbons (Fsp3) is 0.857. The minimum atomic E-state index is -3.56. The molecule has 0 bridgehead atoms. The Morgan fingerprint density at radius 3 is 2.60 bits per heavy atom. The van der Waals surface area contributed by atoms with Gasteiger partial charge in [-0.25, -0.2) is 21.6 Å². The molecule has 0 spiro atoms. The summed E-state index contributed by atoms with van der Waals surface area (Å²) in [5.74, 6) is -0.602. The molecule has 1 atom stereocenters. The molecule has 15 heavy (non-hydrogen) atoms. The molecule has 0 aliphatic carbocycles. The van der Waals surface area contributed by atoms with Gasteiger partial charge in [-0.3, -0.25) is 0 Å². The summed E-state index contributed by atoms with van der Waals surface area (Å²) in [6, 6.07) is 1.53. The van der Waals surface area contributed by atoms with Crippen molar-refractivity contribution >= 4 is 19.9 Å². The van der Waals surface area contributed by atoms with E-state index >= 15 is 0 Å². The third kappa shape index (κ3) is 4.15. The first kappa shape index (κ1) is 12.4. The van der Waals surface area contributed by atoms with Crippen molar-refractivity contribution in [2.75, 3.05) is 23.8 Å². The Morgan fingerprint density at radius 1 is 1.47 bits per heavy atom. The van der Waals surface area contributed by atoms with Crippen LogP contribution in [0.3, 0.4) is 0 Å². The van der Waals surface area contributed by atoms with E-state index in [9.17, 15) is 16.8 Å². The highest BCUT2D eigenvalue weighted by atomic mass is 32.2. The Kier molecular flexibility index (Phi) is 3.70. The molecule has 1 fully saturated rings. The van der Waals surface area contributed by atoms with Gasteiger partial charge in [0.15, 0.2) is 15.6 Å². The predicted octanol–water partition coefficient (Wildman–Crippen LogP) is -1.14. The minimum absolute atomic E-state index is 0.0298. The average molecular weight is 252 g/mol. The molecule has 1 aliphatic rings. The maximum atomic E-state index is 11.1. The van der Waals surface area contributed by atoms with Crippen molar-refractivity contribution < 1.29 is 16.8 Å². The molecule has 0 radical (unpaired) electrons. The molecule has 86 valence electrons. The van der Waals surface area contributed by atoms with Gasteiger partial charge in [-0.1, -0.05) is 0 Å². The zero-order valence-electron chi connectivity index (χ0n) is 8.01. The summed E-state index contributed by atoms with van der Waals surface area (Å²) in [6.07, 6.45) is 0.484. The summed E-state index contributed by atoms with van der Waals surface area (Å²) >= 11 is 0. The normalized spacial score (nSPS) is 24.9. The maximum absolute atomic E-state index is 11.1. The molecule has 0 aromatic heterocycles. The van der Waals surface area contributed by atoms with Gasteiger partial charge < -0.3 is 0 Å². The van der Waals surface area contributed by atoms with Crippen LogP contribution in [-0.4, -0.2) is 40.6 Å². The summed E-state index contributed by atoms with van der Waals surface area (Å²) < 4.78 is 46.5. The van der Waals surface area contributed by atoms with Crippen molar-refractivity contribution in [1.29, 1.82) is 5.26 Å². The second kappa shape index (κ2) is 4.47. The number of hydrogen-bond acceptors (Lipinski definition) is 5. The van der Waals surface area contributed by atoms with Gasteiger partial charge in [0.25, 0.3) is 0 Å².